The summed E-state index contributed by atoms with van der Waals surface area (Å²) in [7, 11) is 1.69. The molecule has 1 aromatic carbocycles. The van der Waals surface area contributed by atoms with Crippen molar-refractivity contribution in [1.29, 1.82) is 0 Å². The molecule has 2 rings (SSSR count). The number of rotatable bonds is 8. The van der Waals surface area contributed by atoms with Crippen LogP contribution in [0.15, 0.2) is 24.3 Å². The van der Waals surface area contributed by atoms with Crippen molar-refractivity contribution in [3.63, 3.8) is 0 Å². The third-order valence-corrected chi connectivity index (χ3v) is 4.12. The molecule has 5 nitrogen and oxygen atoms in total. The Hall–Kier alpha value is -1.30. The fraction of sp³-hybridized carbons (Fsp3) is 0.667. The summed E-state index contributed by atoms with van der Waals surface area (Å²) in [5.41, 5.74) is 1.10. The second kappa shape index (κ2) is 9.11. The highest BCUT2D eigenvalue weighted by atomic mass is 16.5. The molecule has 1 fully saturated rings. The van der Waals surface area contributed by atoms with Crippen molar-refractivity contribution >= 4 is 5.69 Å². The van der Waals surface area contributed by atoms with E-state index in [1.54, 1.807) is 7.11 Å². The van der Waals surface area contributed by atoms with Gasteiger partial charge < -0.3 is 24.8 Å². The van der Waals surface area contributed by atoms with Crippen molar-refractivity contribution in [2.45, 2.75) is 44.9 Å². The van der Waals surface area contributed by atoms with Crippen molar-refractivity contribution in [2.24, 2.45) is 0 Å². The van der Waals surface area contributed by atoms with Crippen LogP contribution in [0.2, 0.25) is 0 Å². The summed E-state index contributed by atoms with van der Waals surface area (Å²) < 4.78 is 10.7. The number of methoxy groups -OCH3 is 1. The fourth-order valence-corrected chi connectivity index (χ4v) is 2.86. The Morgan fingerprint density at radius 2 is 2.04 bits per heavy atom. The monoisotopic (exact) mass is 322 g/mol. The minimum absolute atomic E-state index is 0.169. The summed E-state index contributed by atoms with van der Waals surface area (Å²) >= 11 is 0. The molecule has 0 radical (unpaired) electrons. The minimum atomic E-state index is -0.403. The molecule has 1 saturated heterocycles. The van der Waals surface area contributed by atoms with Crippen LogP contribution in [0.4, 0.5) is 5.69 Å². The predicted octanol–water partition coefficient (Wildman–Crippen LogP) is 2.36. The molecular weight excluding hydrogens is 292 g/mol. The number of hydrogen-bond donors (Lipinski definition) is 2. The lowest BCUT2D eigenvalue weighted by Gasteiger charge is -2.34. The molecule has 0 saturated carbocycles. The average molecular weight is 322 g/mol. The standard InChI is InChI=1S/C18H30N2O3/c1-14(2)23-13-17(21)12-20-9-7-15(8-10-20)19-16-5-4-6-18(11-16)22-3/h4-6,11,14-15,17,19,21H,7-10,12-13H2,1-3H3. The van der Waals surface area contributed by atoms with E-state index in [9.17, 15) is 5.11 Å². The van der Waals surface area contributed by atoms with Gasteiger partial charge in [-0.05, 0) is 38.8 Å². The van der Waals surface area contributed by atoms with Gasteiger partial charge in [0, 0.05) is 37.4 Å². The van der Waals surface area contributed by atoms with Gasteiger partial charge in [-0.25, -0.2) is 0 Å². The molecule has 23 heavy (non-hydrogen) atoms. The maximum absolute atomic E-state index is 10.0. The van der Waals surface area contributed by atoms with Gasteiger partial charge in [-0.3, -0.25) is 0 Å². The predicted molar refractivity (Wildman–Crippen MR) is 93.2 cm³/mol. The van der Waals surface area contributed by atoms with Gasteiger partial charge in [-0.2, -0.15) is 0 Å². The van der Waals surface area contributed by atoms with Gasteiger partial charge in [0.2, 0.25) is 0 Å². The number of β-amino-alcohol motifs (C(OH)–C–C–N with tert-alkyl or cyclic N) is 1. The van der Waals surface area contributed by atoms with Crippen LogP contribution in [0.3, 0.4) is 0 Å². The molecule has 0 bridgehead atoms. The summed E-state index contributed by atoms with van der Waals surface area (Å²) in [6.07, 6.45) is 1.92. The van der Waals surface area contributed by atoms with Gasteiger partial charge in [0.25, 0.3) is 0 Å². The Bertz CT molecular complexity index is 459. The van der Waals surface area contributed by atoms with E-state index >= 15 is 0 Å². The molecule has 1 aromatic rings. The third kappa shape index (κ3) is 6.37. The molecule has 0 amide bonds. The van der Waals surface area contributed by atoms with E-state index in [1.807, 2.05) is 32.0 Å². The molecule has 1 aliphatic heterocycles. The van der Waals surface area contributed by atoms with Crippen molar-refractivity contribution < 1.29 is 14.6 Å². The largest absolute Gasteiger partial charge is 0.497 e. The molecule has 1 aliphatic rings. The summed E-state index contributed by atoms with van der Waals surface area (Å²) in [6.45, 7) is 7.09. The third-order valence-electron chi connectivity index (χ3n) is 4.12. The Morgan fingerprint density at radius 3 is 2.70 bits per heavy atom. The van der Waals surface area contributed by atoms with Gasteiger partial charge >= 0.3 is 0 Å². The van der Waals surface area contributed by atoms with Crippen LogP contribution >= 0.6 is 0 Å². The van der Waals surface area contributed by atoms with E-state index in [0.29, 0.717) is 19.2 Å². The zero-order valence-electron chi connectivity index (χ0n) is 14.5. The second-order valence-electron chi connectivity index (χ2n) is 6.49. The van der Waals surface area contributed by atoms with Crippen LogP contribution in [-0.2, 0) is 4.74 Å². The molecule has 1 unspecified atom stereocenters. The number of piperidine rings is 1. The number of benzene rings is 1. The lowest BCUT2D eigenvalue weighted by Crippen LogP contribution is -2.43. The number of nitrogens with one attached hydrogen (secondary N) is 1. The number of anilines is 1. The molecule has 0 aliphatic carbocycles. The second-order valence-corrected chi connectivity index (χ2v) is 6.49. The number of nitrogens with zero attached hydrogens (tertiary/aromatic N) is 1. The van der Waals surface area contributed by atoms with Crippen molar-refractivity contribution in [2.75, 3.05) is 38.7 Å². The first-order chi connectivity index (χ1) is 11.1. The Kier molecular flexibility index (Phi) is 7.15. The highest BCUT2D eigenvalue weighted by Crippen LogP contribution is 2.21. The van der Waals surface area contributed by atoms with E-state index in [2.05, 4.69) is 16.3 Å². The molecule has 2 N–H and O–H groups in total. The van der Waals surface area contributed by atoms with Crippen LogP contribution in [0.5, 0.6) is 5.75 Å². The highest BCUT2D eigenvalue weighted by Gasteiger charge is 2.21. The van der Waals surface area contributed by atoms with E-state index < -0.39 is 6.10 Å². The van der Waals surface area contributed by atoms with Crippen LogP contribution in [0.25, 0.3) is 0 Å². The number of aliphatic hydroxyl groups excluding tert-OH is 1. The van der Waals surface area contributed by atoms with Crippen LogP contribution in [-0.4, -0.2) is 61.6 Å². The summed E-state index contributed by atoms with van der Waals surface area (Å²) in [4.78, 5) is 2.32. The number of hydrogen-bond acceptors (Lipinski definition) is 5. The summed E-state index contributed by atoms with van der Waals surface area (Å²) in [5, 5.41) is 13.6. The minimum Gasteiger partial charge on any atom is -0.497 e. The Labute approximate surface area is 139 Å². The first kappa shape index (κ1) is 18.0. The molecular formula is C18H30N2O3. The molecule has 5 heteroatoms. The highest BCUT2D eigenvalue weighted by molar-refractivity contribution is 5.48. The SMILES string of the molecule is COc1cccc(NC2CCN(CC(O)COC(C)C)CC2)c1. The zero-order valence-corrected chi connectivity index (χ0v) is 14.5. The van der Waals surface area contributed by atoms with Gasteiger partial charge in [0.05, 0.1) is 25.9 Å². The van der Waals surface area contributed by atoms with E-state index in [1.165, 1.54) is 0 Å². The Morgan fingerprint density at radius 1 is 1.30 bits per heavy atom. The van der Waals surface area contributed by atoms with Crippen molar-refractivity contribution in [3.8, 4) is 5.75 Å². The van der Waals surface area contributed by atoms with Crippen LogP contribution in [0, 0.1) is 0 Å². The first-order valence-corrected chi connectivity index (χ1v) is 8.49. The topological polar surface area (TPSA) is 54.0 Å². The number of aliphatic hydroxyl groups is 1. The maximum atomic E-state index is 10.0. The first-order valence-electron chi connectivity index (χ1n) is 8.49. The molecule has 1 heterocycles. The van der Waals surface area contributed by atoms with Crippen molar-refractivity contribution in [3.05, 3.63) is 24.3 Å². The summed E-state index contributed by atoms with van der Waals surface area (Å²) in [5.74, 6) is 0.876. The van der Waals surface area contributed by atoms with Gasteiger partial charge in [0.15, 0.2) is 0 Å². The Balaban J connectivity index is 1.71. The number of likely N-dealkylation sites (tertiary alicyclic amines) is 1. The van der Waals surface area contributed by atoms with Crippen LogP contribution < -0.4 is 10.1 Å². The van der Waals surface area contributed by atoms with Gasteiger partial charge in [0.1, 0.15) is 5.75 Å². The quantitative estimate of drug-likeness (QED) is 0.769. The molecule has 0 aromatic heterocycles. The maximum Gasteiger partial charge on any atom is 0.120 e. The van der Waals surface area contributed by atoms with E-state index in [4.69, 9.17) is 9.47 Å². The lowest BCUT2D eigenvalue weighted by molar-refractivity contribution is -0.0108. The van der Waals surface area contributed by atoms with Gasteiger partial charge in [-0.15, -0.1) is 0 Å². The normalized spacial score (nSPS) is 18.1. The average Bonchev–Trinajstić information content (AvgIpc) is 2.55. The van der Waals surface area contributed by atoms with E-state index in [-0.39, 0.29) is 6.10 Å². The summed E-state index contributed by atoms with van der Waals surface area (Å²) in [6, 6.07) is 8.53. The van der Waals surface area contributed by atoms with Crippen LogP contribution in [0.1, 0.15) is 26.7 Å². The fourth-order valence-electron chi connectivity index (χ4n) is 2.86. The van der Waals surface area contributed by atoms with E-state index in [0.717, 1.165) is 37.4 Å². The van der Waals surface area contributed by atoms with Crippen molar-refractivity contribution in [1.82, 2.24) is 4.90 Å². The number of ether oxygens (including phenoxy) is 2. The van der Waals surface area contributed by atoms with Gasteiger partial charge in [-0.1, -0.05) is 6.07 Å². The zero-order chi connectivity index (χ0) is 16.7. The lowest BCUT2D eigenvalue weighted by atomic mass is 10.0. The smallest absolute Gasteiger partial charge is 0.120 e. The molecule has 1 atom stereocenters. The molecule has 130 valence electrons. The molecule has 0 spiro atoms.